The molecule has 5 heteroatoms. The number of nitrogens with zero attached hydrogens (tertiary/aromatic N) is 3. The highest BCUT2D eigenvalue weighted by atomic mass is 15.1. The van der Waals surface area contributed by atoms with Crippen molar-refractivity contribution in [3.63, 3.8) is 0 Å². The Morgan fingerprint density at radius 3 is 2.33 bits per heavy atom. The highest BCUT2D eigenvalue weighted by molar-refractivity contribution is 5.67. The summed E-state index contributed by atoms with van der Waals surface area (Å²) in [6.45, 7) is 0.628. The number of pyridine rings is 1. The Hall–Kier alpha value is -3.73. The van der Waals surface area contributed by atoms with E-state index in [1.165, 1.54) is 11.1 Å². The fourth-order valence-corrected chi connectivity index (χ4v) is 2.72. The van der Waals surface area contributed by atoms with Crippen molar-refractivity contribution >= 4 is 17.5 Å². The molecule has 0 amide bonds. The molecule has 0 spiro atoms. The average Bonchev–Trinajstić information content (AvgIpc) is 2.75. The summed E-state index contributed by atoms with van der Waals surface area (Å²) in [4.78, 5) is 12.9. The van der Waals surface area contributed by atoms with Gasteiger partial charge in [-0.05, 0) is 41.0 Å². The van der Waals surface area contributed by atoms with Crippen LogP contribution in [0.5, 0.6) is 0 Å². The predicted molar refractivity (Wildman–Crippen MR) is 109 cm³/mol. The number of hydrogen-bond acceptors (Lipinski definition) is 5. The van der Waals surface area contributed by atoms with E-state index in [1.807, 2.05) is 54.7 Å². The molecule has 2 aromatic heterocycles. The molecule has 4 rings (SSSR count). The Morgan fingerprint density at radius 1 is 0.741 bits per heavy atom. The zero-order chi connectivity index (χ0) is 18.3. The Kier molecular flexibility index (Phi) is 5.02. The van der Waals surface area contributed by atoms with E-state index in [-0.39, 0.29) is 0 Å². The summed E-state index contributed by atoms with van der Waals surface area (Å²) in [7, 11) is 0. The normalized spacial score (nSPS) is 10.4. The largest absolute Gasteiger partial charge is 0.350 e. The fourth-order valence-electron chi connectivity index (χ4n) is 2.72. The van der Waals surface area contributed by atoms with Gasteiger partial charge in [0.1, 0.15) is 5.82 Å². The van der Waals surface area contributed by atoms with Crippen LogP contribution in [-0.4, -0.2) is 15.0 Å². The summed E-state index contributed by atoms with van der Waals surface area (Å²) in [6, 6.07) is 24.4. The quantitative estimate of drug-likeness (QED) is 0.516. The van der Waals surface area contributed by atoms with Crippen LogP contribution in [-0.2, 0) is 6.54 Å². The minimum Gasteiger partial charge on any atom is -0.350 e. The SMILES string of the molecule is c1ccc(-c2ccc(Nc3ccnc(NCc4cccnc4)n3)cc2)cc1. The number of nitrogens with one attached hydrogen (secondary N) is 2. The number of aromatic nitrogens is 3. The molecule has 2 N–H and O–H groups in total. The first-order valence-electron chi connectivity index (χ1n) is 8.75. The lowest BCUT2D eigenvalue weighted by molar-refractivity contribution is 1.04. The maximum absolute atomic E-state index is 4.51. The molecule has 0 bridgehead atoms. The van der Waals surface area contributed by atoms with Gasteiger partial charge in [-0.3, -0.25) is 4.98 Å². The van der Waals surface area contributed by atoms with Crippen molar-refractivity contribution in [3.8, 4) is 11.1 Å². The Labute approximate surface area is 158 Å². The Balaban J connectivity index is 1.42. The summed E-state index contributed by atoms with van der Waals surface area (Å²) >= 11 is 0. The maximum atomic E-state index is 4.51. The van der Waals surface area contributed by atoms with Crippen molar-refractivity contribution in [1.82, 2.24) is 15.0 Å². The van der Waals surface area contributed by atoms with Crippen molar-refractivity contribution in [3.05, 3.63) is 97.0 Å². The molecule has 0 atom stereocenters. The molecule has 0 radical (unpaired) electrons. The number of anilines is 3. The molecule has 0 aliphatic heterocycles. The molecule has 27 heavy (non-hydrogen) atoms. The van der Waals surface area contributed by atoms with Crippen molar-refractivity contribution < 1.29 is 0 Å². The second-order valence-electron chi connectivity index (χ2n) is 6.05. The molecule has 0 unspecified atom stereocenters. The molecule has 0 aliphatic rings. The van der Waals surface area contributed by atoms with E-state index in [0.717, 1.165) is 17.1 Å². The van der Waals surface area contributed by atoms with E-state index >= 15 is 0 Å². The molecule has 0 saturated carbocycles. The van der Waals surface area contributed by atoms with Crippen molar-refractivity contribution in [2.75, 3.05) is 10.6 Å². The van der Waals surface area contributed by atoms with E-state index in [9.17, 15) is 0 Å². The summed E-state index contributed by atoms with van der Waals surface area (Å²) in [5.74, 6) is 1.32. The molecule has 132 valence electrons. The first-order chi connectivity index (χ1) is 13.4. The van der Waals surface area contributed by atoms with Crippen LogP contribution >= 0.6 is 0 Å². The van der Waals surface area contributed by atoms with Gasteiger partial charge in [0.25, 0.3) is 0 Å². The van der Waals surface area contributed by atoms with Gasteiger partial charge in [0, 0.05) is 30.8 Å². The summed E-state index contributed by atoms with van der Waals surface area (Å²) in [5, 5.41) is 6.53. The lowest BCUT2D eigenvalue weighted by Crippen LogP contribution is -2.05. The van der Waals surface area contributed by atoms with Gasteiger partial charge < -0.3 is 10.6 Å². The molecule has 0 aliphatic carbocycles. The first-order valence-corrected chi connectivity index (χ1v) is 8.75. The highest BCUT2D eigenvalue weighted by Crippen LogP contribution is 2.22. The monoisotopic (exact) mass is 353 g/mol. The molecule has 2 aromatic carbocycles. The lowest BCUT2D eigenvalue weighted by Gasteiger charge is -2.09. The molecule has 2 heterocycles. The first kappa shape index (κ1) is 16.7. The van der Waals surface area contributed by atoms with Gasteiger partial charge in [-0.2, -0.15) is 4.98 Å². The van der Waals surface area contributed by atoms with Crippen LogP contribution in [0.1, 0.15) is 5.56 Å². The third-order valence-corrected chi connectivity index (χ3v) is 4.09. The molecule has 0 fully saturated rings. The van der Waals surface area contributed by atoms with Crippen LogP contribution < -0.4 is 10.6 Å². The van der Waals surface area contributed by atoms with Gasteiger partial charge in [0.2, 0.25) is 5.95 Å². The number of hydrogen-bond donors (Lipinski definition) is 2. The van der Waals surface area contributed by atoms with Crippen LogP contribution in [0.2, 0.25) is 0 Å². The lowest BCUT2D eigenvalue weighted by atomic mass is 10.1. The standard InChI is InChI=1S/C22H19N5/c1-2-6-18(7-3-1)19-8-10-20(11-9-19)26-21-12-14-24-22(27-21)25-16-17-5-4-13-23-15-17/h1-15H,16H2,(H2,24,25,26,27). The van der Waals surface area contributed by atoms with Gasteiger partial charge in [-0.15, -0.1) is 0 Å². The van der Waals surface area contributed by atoms with Crippen LogP contribution in [0.15, 0.2) is 91.4 Å². The summed E-state index contributed by atoms with van der Waals surface area (Å²) < 4.78 is 0. The molecule has 4 aromatic rings. The van der Waals surface area contributed by atoms with Gasteiger partial charge >= 0.3 is 0 Å². The Bertz CT molecular complexity index is 986. The van der Waals surface area contributed by atoms with Crippen LogP contribution in [0.25, 0.3) is 11.1 Å². The molecular weight excluding hydrogens is 334 g/mol. The molecular formula is C22H19N5. The van der Waals surface area contributed by atoms with Crippen LogP contribution in [0.3, 0.4) is 0 Å². The second-order valence-corrected chi connectivity index (χ2v) is 6.05. The second kappa shape index (κ2) is 8.10. The minimum atomic E-state index is 0.574. The summed E-state index contributed by atoms with van der Waals surface area (Å²) in [6.07, 6.45) is 5.32. The van der Waals surface area contributed by atoms with Crippen molar-refractivity contribution in [2.45, 2.75) is 6.54 Å². The summed E-state index contributed by atoms with van der Waals surface area (Å²) in [5.41, 5.74) is 4.44. The molecule has 5 nitrogen and oxygen atoms in total. The predicted octanol–water partition coefficient (Wildman–Crippen LogP) is 4.89. The van der Waals surface area contributed by atoms with Gasteiger partial charge in [0.05, 0.1) is 0 Å². The van der Waals surface area contributed by atoms with E-state index < -0.39 is 0 Å². The smallest absolute Gasteiger partial charge is 0.224 e. The van der Waals surface area contributed by atoms with E-state index in [4.69, 9.17) is 0 Å². The topological polar surface area (TPSA) is 62.7 Å². The molecule has 0 saturated heterocycles. The van der Waals surface area contributed by atoms with Crippen molar-refractivity contribution in [2.24, 2.45) is 0 Å². The van der Waals surface area contributed by atoms with E-state index in [0.29, 0.717) is 12.5 Å². The zero-order valence-corrected chi connectivity index (χ0v) is 14.7. The van der Waals surface area contributed by atoms with Crippen LogP contribution in [0, 0.1) is 0 Å². The highest BCUT2D eigenvalue weighted by Gasteiger charge is 2.02. The average molecular weight is 353 g/mol. The van der Waals surface area contributed by atoms with E-state index in [2.05, 4.69) is 49.9 Å². The Morgan fingerprint density at radius 2 is 1.56 bits per heavy atom. The maximum Gasteiger partial charge on any atom is 0.224 e. The van der Waals surface area contributed by atoms with E-state index in [1.54, 1.807) is 12.4 Å². The van der Waals surface area contributed by atoms with Gasteiger partial charge in [0.15, 0.2) is 0 Å². The number of rotatable bonds is 6. The third kappa shape index (κ3) is 4.46. The van der Waals surface area contributed by atoms with Gasteiger partial charge in [-0.1, -0.05) is 48.5 Å². The van der Waals surface area contributed by atoms with Gasteiger partial charge in [-0.25, -0.2) is 4.98 Å². The fraction of sp³-hybridized carbons (Fsp3) is 0.0455. The third-order valence-electron chi connectivity index (χ3n) is 4.09. The minimum absolute atomic E-state index is 0.574. The zero-order valence-electron chi connectivity index (χ0n) is 14.7. The number of benzene rings is 2. The van der Waals surface area contributed by atoms with Crippen LogP contribution in [0.4, 0.5) is 17.5 Å². The van der Waals surface area contributed by atoms with Crippen molar-refractivity contribution in [1.29, 1.82) is 0 Å².